The fraction of sp³-hybridized carbons (Fsp3) is 0.800. The minimum Gasteiger partial charge on any atom is -0.461 e. The third-order valence-corrected chi connectivity index (χ3v) is 4.28. The number of hydrogen-bond acceptors (Lipinski definition) is 3. The van der Waals surface area contributed by atoms with E-state index in [1.54, 1.807) is 0 Å². The summed E-state index contributed by atoms with van der Waals surface area (Å²) in [5.41, 5.74) is 1.27. The second-order valence-corrected chi connectivity index (χ2v) is 11.8. The van der Waals surface area contributed by atoms with E-state index in [1.165, 1.54) is 12.5 Å². The highest BCUT2D eigenvalue weighted by molar-refractivity contribution is 6.76. The Bertz CT molecular complexity index is 280. The molecule has 0 aromatic carbocycles. The monoisotopic (exact) mass is 286 g/mol. The van der Waals surface area contributed by atoms with E-state index in [4.69, 9.17) is 9.84 Å². The highest BCUT2D eigenvalue weighted by Crippen LogP contribution is 2.18. The molecule has 0 aliphatic carbocycles. The van der Waals surface area contributed by atoms with E-state index in [1.807, 2.05) is 0 Å². The standard InChI is InChI=1S/C15H30O3Si/c1-14(17)18-12-15(13-19(2,3)4)10-8-6-5-7-9-11-16/h10,16H,5-9,11-13H2,1-4H3/b15-10-. The van der Waals surface area contributed by atoms with E-state index in [2.05, 4.69) is 25.7 Å². The fourth-order valence-electron chi connectivity index (χ4n) is 1.97. The summed E-state index contributed by atoms with van der Waals surface area (Å²) in [5, 5.41) is 8.70. The lowest BCUT2D eigenvalue weighted by molar-refractivity contribution is -0.139. The molecule has 112 valence electrons. The Morgan fingerprint density at radius 3 is 2.32 bits per heavy atom. The Labute approximate surface area is 119 Å². The molecule has 0 aromatic heterocycles. The summed E-state index contributed by atoms with van der Waals surface area (Å²) in [6.07, 6.45) is 7.60. The van der Waals surface area contributed by atoms with Crippen LogP contribution in [0.1, 0.15) is 39.0 Å². The van der Waals surface area contributed by atoms with Gasteiger partial charge in [0.15, 0.2) is 0 Å². The van der Waals surface area contributed by atoms with Crippen molar-refractivity contribution in [3.05, 3.63) is 11.6 Å². The first-order chi connectivity index (χ1) is 8.85. The number of aliphatic hydroxyl groups is 1. The number of unbranched alkanes of at least 4 members (excludes halogenated alkanes) is 4. The number of rotatable bonds is 10. The Morgan fingerprint density at radius 1 is 1.16 bits per heavy atom. The van der Waals surface area contributed by atoms with Crippen molar-refractivity contribution in [1.29, 1.82) is 0 Å². The highest BCUT2D eigenvalue weighted by Gasteiger charge is 2.16. The average Bonchev–Trinajstić information content (AvgIpc) is 2.28. The van der Waals surface area contributed by atoms with Crippen LogP contribution in [-0.2, 0) is 9.53 Å². The van der Waals surface area contributed by atoms with Crippen LogP contribution >= 0.6 is 0 Å². The van der Waals surface area contributed by atoms with E-state index in [-0.39, 0.29) is 5.97 Å². The Balaban J connectivity index is 4.11. The molecule has 3 nitrogen and oxygen atoms in total. The van der Waals surface area contributed by atoms with Gasteiger partial charge in [-0.05, 0) is 30.9 Å². The largest absolute Gasteiger partial charge is 0.461 e. The normalized spacial score (nSPS) is 12.6. The van der Waals surface area contributed by atoms with Gasteiger partial charge in [0.1, 0.15) is 6.61 Å². The SMILES string of the molecule is CC(=O)OC/C(=C/CCCCCCO)C[Si](C)(C)C. The van der Waals surface area contributed by atoms with Crippen LogP contribution in [0.25, 0.3) is 0 Å². The van der Waals surface area contributed by atoms with Crippen molar-refractivity contribution < 1.29 is 14.6 Å². The Hall–Kier alpha value is -0.613. The van der Waals surface area contributed by atoms with Crippen molar-refractivity contribution >= 4 is 14.0 Å². The van der Waals surface area contributed by atoms with E-state index >= 15 is 0 Å². The molecule has 0 aliphatic heterocycles. The third-order valence-electron chi connectivity index (χ3n) is 2.76. The summed E-state index contributed by atoms with van der Waals surface area (Å²) in [7, 11) is -1.17. The predicted octanol–water partition coefficient (Wildman–Crippen LogP) is 3.76. The highest BCUT2D eigenvalue weighted by atomic mass is 28.3. The average molecular weight is 286 g/mol. The van der Waals surface area contributed by atoms with E-state index < -0.39 is 8.07 Å². The number of hydrogen-bond donors (Lipinski definition) is 1. The summed E-state index contributed by atoms with van der Waals surface area (Å²) in [5.74, 6) is -0.204. The van der Waals surface area contributed by atoms with Crippen LogP contribution in [-0.4, -0.2) is 32.4 Å². The van der Waals surface area contributed by atoms with E-state index in [0.29, 0.717) is 13.2 Å². The molecule has 0 fully saturated rings. The molecule has 0 saturated carbocycles. The molecule has 0 atom stereocenters. The quantitative estimate of drug-likeness (QED) is 0.288. The molecule has 0 radical (unpaired) electrons. The van der Waals surface area contributed by atoms with Gasteiger partial charge in [-0.15, -0.1) is 0 Å². The zero-order chi connectivity index (χ0) is 14.7. The van der Waals surface area contributed by atoms with Crippen LogP contribution < -0.4 is 0 Å². The molecule has 0 aliphatic rings. The molecular formula is C15H30O3Si. The van der Waals surface area contributed by atoms with Crippen LogP contribution in [0.4, 0.5) is 0 Å². The predicted molar refractivity (Wildman–Crippen MR) is 83.0 cm³/mol. The van der Waals surface area contributed by atoms with Gasteiger partial charge in [0.05, 0.1) is 0 Å². The number of aliphatic hydroxyl groups excluding tert-OH is 1. The number of carbonyl (C=O) groups excluding carboxylic acids is 1. The topological polar surface area (TPSA) is 46.5 Å². The van der Waals surface area contributed by atoms with Gasteiger partial charge < -0.3 is 9.84 Å². The zero-order valence-corrected chi connectivity index (χ0v) is 14.0. The molecule has 0 rings (SSSR count). The number of esters is 1. The molecule has 0 amide bonds. The van der Waals surface area contributed by atoms with Crippen molar-refractivity contribution in [2.24, 2.45) is 0 Å². The van der Waals surface area contributed by atoms with Crippen LogP contribution in [0.5, 0.6) is 0 Å². The van der Waals surface area contributed by atoms with Gasteiger partial charge in [0.2, 0.25) is 0 Å². The first-order valence-electron chi connectivity index (χ1n) is 7.27. The summed E-state index contributed by atoms with van der Waals surface area (Å²) in [6, 6.07) is 1.09. The minimum atomic E-state index is -1.17. The van der Waals surface area contributed by atoms with Crippen molar-refractivity contribution in [3.63, 3.8) is 0 Å². The van der Waals surface area contributed by atoms with Gasteiger partial charge in [-0.25, -0.2) is 0 Å². The number of carbonyl (C=O) groups is 1. The lowest BCUT2D eigenvalue weighted by atomic mass is 10.1. The fourth-order valence-corrected chi connectivity index (χ4v) is 3.58. The number of ether oxygens (including phenoxy) is 1. The Morgan fingerprint density at radius 2 is 1.79 bits per heavy atom. The maximum atomic E-state index is 10.9. The summed E-state index contributed by atoms with van der Waals surface area (Å²) >= 11 is 0. The van der Waals surface area contributed by atoms with Crippen molar-refractivity contribution in [3.8, 4) is 0 Å². The van der Waals surface area contributed by atoms with Gasteiger partial charge in [-0.3, -0.25) is 4.79 Å². The molecule has 0 heterocycles. The van der Waals surface area contributed by atoms with Gasteiger partial charge in [-0.1, -0.05) is 38.6 Å². The lowest BCUT2D eigenvalue weighted by Crippen LogP contribution is -2.21. The van der Waals surface area contributed by atoms with Crippen molar-refractivity contribution in [2.45, 2.75) is 64.7 Å². The van der Waals surface area contributed by atoms with Crippen molar-refractivity contribution in [1.82, 2.24) is 0 Å². The van der Waals surface area contributed by atoms with Gasteiger partial charge >= 0.3 is 5.97 Å². The van der Waals surface area contributed by atoms with Crippen LogP contribution in [0.2, 0.25) is 25.7 Å². The van der Waals surface area contributed by atoms with E-state index in [9.17, 15) is 4.79 Å². The molecule has 4 heteroatoms. The summed E-state index contributed by atoms with van der Waals surface area (Å²) in [4.78, 5) is 10.9. The molecule has 0 unspecified atom stereocenters. The third kappa shape index (κ3) is 13.6. The van der Waals surface area contributed by atoms with Crippen LogP contribution in [0.15, 0.2) is 11.6 Å². The number of allylic oxidation sites excluding steroid dienone is 1. The smallest absolute Gasteiger partial charge is 0.302 e. The molecular weight excluding hydrogens is 256 g/mol. The van der Waals surface area contributed by atoms with Gasteiger partial charge in [0.25, 0.3) is 0 Å². The maximum absolute atomic E-state index is 10.9. The van der Waals surface area contributed by atoms with Gasteiger partial charge in [-0.2, -0.15) is 0 Å². The molecule has 0 spiro atoms. The lowest BCUT2D eigenvalue weighted by Gasteiger charge is -2.18. The molecule has 1 N–H and O–H groups in total. The summed E-state index contributed by atoms with van der Waals surface area (Å²) in [6.45, 7) is 9.20. The van der Waals surface area contributed by atoms with Crippen LogP contribution in [0, 0.1) is 0 Å². The summed E-state index contributed by atoms with van der Waals surface area (Å²) < 4.78 is 5.13. The Kier molecular flexibility index (Phi) is 9.88. The van der Waals surface area contributed by atoms with Gasteiger partial charge in [0, 0.05) is 21.6 Å². The second-order valence-electron chi connectivity index (χ2n) is 6.31. The molecule has 0 saturated heterocycles. The van der Waals surface area contributed by atoms with Crippen LogP contribution in [0.3, 0.4) is 0 Å². The first kappa shape index (κ1) is 18.4. The second kappa shape index (κ2) is 10.2. The molecule has 0 aromatic rings. The molecule has 0 bridgehead atoms. The van der Waals surface area contributed by atoms with Crippen molar-refractivity contribution in [2.75, 3.05) is 13.2 Å². The maximum Gasteiger partial charge on any atom is 0.302 e. The zero-order valence-electron chi connectivity index (χ0n) is 13.0. The molecule has 19 heavy (non-hydrogen) atoms. The minimum absolute atomic E-state index is 0.204. The van der Waals surface area contributed by atoms with E-state index in [0.717, 1.165) is 38.1 Å². The first-order valence-corrected chi connectivity index (χ1v) is 11.0.